The summed E-state index contributed by atoms with van der Waals surface area (Å²) in [4.78, 5) is 26.7. The number of hydrogen-bond acceptors (Lipinski definition) is 3. The molecule has 6 heteroatoms. The second kappa shape index (κ2) is 7.74. The highest BCUT2D eigenvalue weighted by atomic mass is 79.9. The number of carbonyl (C=O) groups is 2. The molecule has 5 nitrogen and oxygen atoms in total. The predicted molar refractivity (Wildman–Crippen MR) is 87.6 cm³/mol. The lowest BCUT2D eigenvalue weighted by Crippen LogP contribution is -2.53. The average Bonchev–Trinajstić information content (AvgIpc) is 2.53. The van der Waals surface area contributed by atoms with Crippen LogP contribution in [0.5, 0.6) is 0 Å². The number of benzene rings is 1. The van der Waals surface area contributed by atoms with Crippen LogP contribution in [0.3, 0.4) is 0 Å². The fraction of sp³-hybridized carbons (Fsp3) is 0.500. The first-order valence-electron chi connectivity index (χ1n) is 7.42. The van der Waals surface area contributed by atoms with Gasteiger partial charge in [-0.1, -0.05) is 29.8 Å². The van der Waals surface area contributed by atoms with Gasteiger partial charge in [0, 0.05) is 23.1 Å². The molecule has 1 aromatic carbocycles. The summed E-state index contributed by atoms with van der Waals surface area (Å²) in [7, 11) is 0. The number of hydrogen-bond donors (Lipinski definition) is 1. The zero-order chi connectivity index (χ0) is 16.1. The van der Waals surface area contributed by atoms with Gasteiger partial charge in [0.1, 0.15) is 6.04 Å². The van der Waals surface area contributed by atoms with Gasteiger partial charge in [0.05, 0.1) is 13.2 Å². The zero-order valence-corrected chi connectivity index (χ0v) is 14.4. The molecular formula is C16H21BrN2O3. The quantitative estimate of drug-likeness (QED) is 0.884. The molecular weight excluding hydrogens is 348 g/mol. The maximum absolute atomic E-state index is 12.6. The van der Waals surface area contributed by atoms with Crippen molar-refractivity contribution in [1.29, 1.82) is 0 Å². The Balaban J connectivity index is 2.06. The third-order valence-corrected chi connectivity index (χ3v) is 4.18. The molecule has 0 saturated carbocycles. The summed E-state index contributed by atoms with van der Waals surface area (Å²) in [6.07, 6.45) is 0. The topological polar surface area (TPSA) is 58.6 Å². The maximum Gasteiger partial charge on any atom is 0.251 e. The molecule has 1 fully saturated rings. The molecule has 2 rings (SSSR count). The first-order chi connectivity index (χ1) is 10.5. The number of carbonyl (C=O) groups excluding carboxylic acids is 2. The summed E-state index contributed by atoms with van der Waals surface area (Å²) >= 11 is 3.34. The van der Waals surface area contributed by atoms with Crippen LogP contribution in [-0.4, -0.2) is 49.1 Å². The minimum atomic E-state index is -0.519. The Morgan fingerprint density at radius 3 is 2.32 bits per heavy atom. The van der Waals surface area contributed by atoms with Crippen LogP contribution in [-0.2, 0) is 9.53 Å². The molecule has 0 radical (unpaired) electrons. The third-order valence-electron chi connectivity index (χ3n) is 3.65. The van der Waals surface area contributed by atoms with E-state index >= 15 is 0 Å². The number of amides is 2. The van der Waals surface area contributed by atoms with Crippen molar-refractivity contribution in [3.63, 3.8) is 0 Å². The van der Waals surface area contributed by atoms with Crippen molar-refractivity contribution in [2.24, 2.45) is 5.92 Å². The van der Waals surface area contributed by atoms with Crippen LogP contribution in [0, 0.1) is 5.92 Å². The predicted octanol–water partition coefficient (Wildman–Crippen LogP) is 2.06. The minimum absolute atomic E-state index is 0.0229. The fourth-order valence-corrected chi connectivity index (χ4v) is 2.58. The smallest absolute Gasteiger partial charge is 0.251 e. The van der Waals surface area contributed by atoms with Crippen molar-refractivity contribution in [3.8, 4) is 0 Å². The van der Waals surface area contributed by atoms with Crippen molar-refractivity contribution in [2.45, 2.75) is 19.9 Å². The van der Waals surface area contributed by atoms with Crippen LogP contribution >= 0.6 is 15.9 Å². The molecule has 1 atom stereocenters. The molecule has 120 valence electrons. The lowest BCUT2D eigenvalue weighted by Gasteiger charge is -2.32. The molecule has 1 aromatic rings. The van der Waals surface area contributed by atoms with E-state index in [2.05, 4.69) is 21.2 Å². The monoisotopic (exact) mass is 368 g/mol. The first-order valence-corrected chi connectivity index (χ1v) is 8.21. The van der Waals surface area contributed by atoms with Gasteiger partial charge in [0.25, 0.3) is 5.91 Å². The normalized spacial score (nSPS) is 16.5. The Kier molecular flexibility index (Phi) is 5.97. The lowest BCUT2D eigenvalue weighted by atomic mass is 10.0. The third kappa shape index (κ3) is 4.30. The van der Waals surface area contributed by atoms with Crippen molar-refractivity contribution in [3.05, 3.63) is 34.3 Å². The summed E-state index contributed by atoms with van der Waals surface area (Å²) in [5.74, 6) is -0.244. The van der Waals surface area contributed by atoms with Crippen LogP contribution in [0.4, 0.5) is 0 Å². The van der Waals surface area contributed by atoms with Gasteiger partial charge in [-0.2, -0.15) is 0 Å². The Hall–Kier alpha value is -1.40. The van der Waals surface area contributed by atoms with E-state index in [1.807, 2.05) is 26.0 Å². The molecule has 1 aliphatic rings. The first kappa shape index (κ1) is 17.0. The molecule has 1 N–H and O–H groups in total. The minimum Gasteiger partial charge on any atom is -0.378 e. The summed E-state index contributed by atoms with van der Waals surface area (Å²) in [6, 6.07) is 6.56. The van der Waals surface area contributed by atoms with E-state index < -0.39 is 6.04 Å². The Bertz CT molecular complexity index is 525. The Labute approximate surface area is 139 Å². The molecule has 22 heavy (non-hydrogen) atoms. The highest BCUT2D eigenvalue weighted by Gasteiger charge is 2.29. The number of ether oxygens (including phenoxy) is 1. The summed E-state index contributed by atoms with van der Waals surface area (Å²) in [5, 5.41) is 2.86. The van der Waals surface area contributed by atoms with Gasteiger partial charge in [-0.3, -0.25) is 9.59 Å². The fourth-order valence-electron chi connectivity index (χ4n) is 2.32. The van der Waals surface area contributed by atoms with Gasteiger partial charge >= 0.3 is 0 Å². The van der Waals surface area contributed by atoms with Crippen molar-refractivity contribution >= 4 is 27.7 Å². The molecule has 1 heterocycles. The molecule has 1 saturated heterocycles. The molecule has 0 aromatic heterocycles. The molecule has 0 bridgehead atoms. The van der Waals surface area contributed by atoms with Crippen molar-refractivity contribution in [2.75, 3.05) is 26.3 Å². The van der Waals surface area contributed by atoms with E-state index in [4.69, 9.17) is 4.74 Å². The van der Waals surface area contributed by atoms with Gasteiger partial charge in [-0.05, 0) is 30.2 Å². The van der Waals surface area contributed by atoms with Crippen molar-refractivity contribution < 1.29 is 14.3 Å². The lowest BCUT2D eigenvalue weighted by molar-refractivity contribution is -0.138. The molecule has 0 aliphatic carbocycles. The van der Waals surface area contributed by atoms with Gasteiger partial charge in [-0.15, -0.1) is 0 Å². The second-order valence-corrected chi connectivity index (χ2v) is 6.56. The van der Waals surface area contributed by atoms with E-state index in [0.717, 1.165) is 4.47 Å². The van der Waals surface area contributed by atoms with E-state index in [1.54, 1.807) is 17.0 Å². The van der Waals surface area contributed by atoms with Crippen LogP contribution in [0.1, 0.15) is 24.2 Å². The second-order valence-electron chi connectivity index (χ2n) is 5.64. The molecule has 1 aliphatic heterocycles. The van der Waals surface area contributed by atoms with Crippen LogP contribution < -0.4 is 5.32 Å². The van der Waals surface area contributed by atoms with Gasteiger partial charge in [0.15, 0.2) is 0 Å². The number of nitrogens with one attached hydrogen (secondary N) is 1. The highest BCUT2D eigenvalue weighted by molar-refractivity contribution is 9.10. The number of halogens is 1. The maximum atomic E-state index is 12.6. The van der Waals surface area contributed by atoms with E-state index in [1.165, 1.54) is 0 Å². The Morgan fingerprint density at radius 1 is 1.18 bits per heavy atom. The van der Waals surface area contributed by atoms with Crippen LogP contribution in [0.15, 0.2) is 28.7 Å². The highest BCUT2D eigenvalue weighted by Crippen LogP contribution is 2.13. The summed E-state index contributed by atoms with van der Waals surface area (Å²) in [6.45, 7) is 6.14. The van der Waals surface area contributed by atoms with Crippen LogP contribution in [0.25, 0.3) is 0 Å². The van der Waals surface area contributed by atoms with Crippen LogP contribution in [0.2, 0.25) is 0 Å². The van der Waals surface area contributed by atoms with Crippen molar-refractivity contribution in [1.82, 2.24) is 10.2 Å². The molecule has 2 amide bonds. The van der Waals surface area contributed by atoms with Gasteiger partial charge in [0.2, 0.25) is 5.91 Å². The number of nitrogens with zero attached hydrogens (tertiary/aromatic N) is 1. The van der Waals surface area contributed by atoms with Gasteiger partial charge in [-0.25, -0.2) is 0 Å². The summed E-state index contributed by atoms with van der Waals surface area (Å²) in [5.41, 5.74) is 0.545. The van der Waals surface area contributed by atoms with Gasteiger partial charge < -0.3 is 15.0 Å². The standard InChI is InChI=1S/C16H21BrN2O3/c1-11(2)14(16(21)19-7-9-22-10-8-19)18-15(20)12-3-5-13(17)6-4-12/h3-6,11,14H,7-10H2,1-2H3,(H,18,20). The van der Waals surface area contributed by atoms with E-state index in [0.29, 0.717) is 31.9 Å². The largest absolute Gasteiger partial charge is 0.378 e. The zero-order valence-electron chi connectivity index (χ0n) is 12.8. The van der Waals surface area contributed by atoms with E-state index in [-0.39, 0.29) is 17.7 Å². The summed E-state index contributed by atoms with van der Waals surface area (Å²) < 4.78 is 6.18. The SMILES string of the molecule is CC(C)C(NC(=O)c1ccc(Br)cc1)C(=O)N1CCOCC1. The Morgan fingerprint density at radius 2 is 1.77 bits per heavy atom. The number of rotatable bonds is 4. The van der Waals surface area contributed by atoms with E-state index in [9.17, 15) is 9.59 Å². The number of morpholine rings is 1. The molecule has 0 spiro atoms. The molecule has 1 unspecified atom stereocenters. The average molecular weight is 369 g/mol.